The Morgan fingerprint density at radius 2 is 1.50 bits per heavy atom. The summed E-state index contributed by atoms with van der Waals surface area (Å²) in [7, 11) is 0. The number of rotatable bonds is 2. The lowest BCUT2D eigenvalue weighted by molar-refractivity contribution is 0.0979. The molecule has 0 aromatic heterocycles. The lowest BCUT2D eigenvalue weighted by atomic mass is 9.83. The topological polar surface area (TPSA) is 84.0 Å². The number of thioether (sulfide) groups is 1. The molecule has 1 aliphatic carbocycles. The maximum absolute atomic E-state index is 12.5. The first kappa shape index (κ1) is 16.3. The highest BCUT2D eigenvalue weighted by atomic mass is 35.5. The zero-order valence-electron chi connectivity index (χ0n) is 11.5. The standard InChI is InChI=1S/C16H12N2O2S.ClH/c17-16(18)21-8-9-5-6-12-13(7-9)15(20)11-4-2-1-3-10(11)14(12)19;/h1-7H,8H2,(H3,17,18);1H. The molecule has 6 heteroatoms. The molecule has 3 N–H and O–H groups in total. The van der Waals surface area contributed by atoms with Crippen LogP contribution in [0.4, 0.5) is 0 Å². The molecule has 0 atom stereocenters. The Hall–Kier alpha value is -2.11. The Balaban J connectivity index is 0.00000176. The summed E-state index contributed by atoms with van der Waals surface area (Å²) in [6, 6.07) is 12.1. The highest BCUT2D eigenvalue weighted by molar-refractivity contribution is 8.13. The van der Waals surface area contributed by atoms with Crippen LogP contribution in [0.25, 0.3) is 0 Å². The number of benzene rings is 2. The Bertz CT molecular complexity index is 789. The quantitative estimate of drug-likeness (QED) is 0.558. The van der Waals surface area contributed by atoms with Crippen molar-refractivity contribution < 1.29 is 9.59 Å². The number of amidine groups is 1. The van der Waals surface area contributed by atoms with Crippen LogP contribution < -0.4 is 5.73 Å². The molecule has 0 aliphatic heterocycles. The van der Waals surface area contributed by atoms with Gasteiger partial charge in [-0.2, -0.15) is 0 Å². The molecule has 3 rings (SSSR count). The minimum Gasteiger partial charge on any atom is -0.379 e. The monoisotopic (exact) mass is 332 g/mol. The van der Waals surface area contributed by atoms with Crippen molar-refractivity contribution in [2.75, 3.05) is 0 Å². The second kappa shape index (κ2) is 6.34. The number of nitrogens with two attached hydrogens (primary N) is 1. The summed E-state index contributed by atoms with van der Waals surface area (Å²) in [4.78, 5) is 24.9. The van der Waals surface area contributed by atoms with Gasteiger partial charge in [-0.3, -0.25) is 15.0 Å². The van der Waals surface area contributed by atoms with Gasteiger partial charge in [0.15, 0.2) is 16.7 Å². The van der Waals surface area contributed by atoms with E-state index in [0.717, 1.165) is 5.56 Å². The molecule has 22 heavy (non-hydrogen) atoms. The SMILES string of the molecule is Cl.N=C(N)SCc1ccc2c(c1)C(=O)c1ccccc1C2=O. The van der Waals surface area contributed by atoms with E-state index in [1.807, 2.05) is 0 Å². The fourth-order valence-corrected chi connectivity index (χ4v) is 2.90. The summed E-state index contributed by atoms with van der Waals surface area (Å²) in [5.74, 6) is 0.256. The largest absolute Gasteiger partial charge is 0.379 e. The Kier molecular flexibility index (Phi) is 4.68. The van der Waals surface area contributed by atoms with Crippen LogP contribution in [0.1, 0.15) is 37.4 Å². The molecule has 0 spiro atoms. The third-order valence-electron chi connectivity index (χ3n) is 3.38. The average Bonchev–Trinajstić information content (AvgIpc) is 2.50. The van der Waals surface area contributed by atoms with Gasteiger partial charge in [0.05, 0.1) is 0 Å². The van der Waals surface area contributed by atoms with Crippen molar-refractivity contribution in [3.63, 3.8) is 0 Å². The van der Waals surface area contributed by atoms with Gasteiger partial charge in [-0.05, 0) is 17.7 Å². The summed E-state index contributed by atoms with van der Waals surface area (Å²) >= 11 is 1.19. The number of fused-ring (bicyclic) bond motifs is 2. The molecular formula is C16H13ClN2O2S. The zero-order valence-corrected chi connectivity index (χ0v) is 13.1. The summed E-state index contributed by atoms with van der Waals surface area (Å²) in [5, 5.41) is 7.25. The summed E-state index contributed by atoms with van der Waals surface area (Å²) in [6.45, 7) is 0. The smallest absolute Gasteiger partial charge is 0.194 e. The van der Waals surface area contributed by atoms with E-state index < -0.39 is 0 Å². The first-order chi connectivity index (χ1) is 10.1. The van der Waals surface area contributed by atoms with Crippen molar-refractivity contribution in [3.8, 4) is 0 Å². The molecule has 2 aromatic rings. The Labute approximate surface area is 138 Å². The molecule has 0 unspecified atom stereocenters. The van der Waals surface area contributed by atoms with Crippen molar-refractivity contribution in [2.24, 2.45) is 5.73 Å². The van der Waals surface area contributed by atoms with Crippen molar-refractivity contribution in [2.45, 2.75) is 5.75 Å². The lowest BCUT2D eigenvalue weighted by Crippen LogP contribution is -2.20. The number of carbonyl (C=O) groups excluding carboxylic acids is 2. The average molecular weight is 333 g/mol. The van der Waals surface area contributed by atoms with Gasteiger partial charge in [0.1, 0.15) is 0 Å². The molecular weight excluding hydrogens is 320 g/mol. The predicted octanol–water partition coefficient (Wildman–Crippen LogP) is 3.01. The molecule has 0 fully saturated rings. The highest BCUT2D eigenvalue weighted by Crippen LogP contribution is 2.28. The van der Waals surface area contributed by atoms with Gasteiger partial charge in [-0.1, -0.05) is 42.1 Å². The van der Waals surface area contributed by atoms with Crippen LogP contribution in [-0.4, -0.2) is 16.7 Å². The second-order valence-electron chi connectivity index (χ2n) is 4.74. The number of hydrogen-bond donors (Lipinski definition) is 2. The van der Waals surface area contributed by atoms with Gasteiger partial charge >= 0.3 is 0 Å². The van der Waals surface area contributed by atoms with E-state index in [-0.39, 0.29) is 29.1 Å². The first-order valence-corrected chi connectivity index (χ1v) is 7.34. The molecule has 0 saturated heterocycles. The lowest BCUT2D eigenvalue weighted by Gasteiger charge is -2.17. The summed E-state index contributed by atoms with van der Waals surface area (Å²) in [6.07, 6.45) is 0. The van der Waals surface area contributed by atoms with E-state index in [1.165, 1.54) is 11.8 Å². The molecule has 0 bridgehead atoms. The number of carbonyl (C=O) groups is 2. The van der Waals surface area contributed by atoms with Crippen LogP contribution in [0.5, 0.6) is 0 Å². The van der Waals surface area contributed by atoms with Crippen LogP contribution in [0.2, 0.25) is 0 Å². The Morgan fingerprint density at radius 1 is 0.955 bits per heavy atom. The van der Waals surface area contributed by atoms with Crippen molar-refractivity contribution in [1.29, 1.82) is 5.41 Å². The van der Waals surface area contributed by atoms with Gasteiger partial charge in [0.2, 0.25) is 0 Å². The van der Waals surface area contributed by atoms with Crippen LogP contribution >= 0.6 is 24.2 Å². The molecule has 0 saturated carbocycles. The van der Waals surface area contributed by atoms with E-state index in [9.17, 15) is 9.59 Å². The second-order valence-corrected chi connectivity index (χ2v) is 5.75. The van der Waals surface area contributed by atoms with Crippen molar-refractivity contribution >= 4 is 40.9 Å². The van der Waals surface area contributed by atoms with Crippen molar-refractivity contribution in [3.05, 3.63) is 70.3 Å². The summed E-state index contributed by atoms with van der Waals surface area (Å²) < 4.78 is 0. The molecule has 1 aliphatic rings. The Morgan fingerprint density at radius 3 is 2.09 bits per heavy atom. The molecule has 4 nitrogen and oxygen atoms in total. The zero-order chi connectivity index (χ0) is 15.0. The van der Waals surface area contributed by atoms with E-state index in [2.05, 4.69) is 0 Å². The molecule has 0 amide bonds. The van der Waals surface area contributed by atoms with E-state index in [0.29, 0.717) is 28.0 Å². The van der Waals surface area contributed by atoms with Crippen LogP contribution in [0, 0.1) is 5.41 Å². The molecule has 2 aromatic carbocycles. The number of ketones is 2. The third-order valence-corrected chi connectivity index (χ3v) is 4.17. The molecule has 0 heterocycles. The van der Waals surface area contributed by atoms with Crippen LogP contribution in [-0.2, 0) is 5.75 Å². The molecule has 112 valence electrons. The highest BCUT2D eigenvalue weighted by Gasteiger charge is 2.29. The minimum absolute atomic E-state index is 0. The maximum Gasteiger partial charge on any atom is 0.194 e. The van der Waals surface area contributed by atoms with Crippen LogP contribution in [0.15, 0.2) is 42.5 Å². The number of halogens is 1. The number of nitrogens with one attached hydrogen (secondary N) is 1. The first-order valence-electron chi connectivity index (χ1n) is 6.36. The number of hydrogen-bond acceptors (Lipinski definition) is 4. The van der Waals surface area contributed by atoms with Gasteiger partial charge in [-0.25, -0.2) is 0 Å². The van der Waals surface area contributed by atoms with E-state index >= 15 is 0 Å². The minimum atomic E-state index is -0.130. The van der Waals surface area contributed by atoms with Crippen LogP contribution in [0.3, 0.4) is 0 Å². The van der Waals surface area contributed by atoms with E-state index in [1.54, 1.807) is 42.5 Å². The maximum atomic E-state index is 12.5. The molecule has 0 radical (unpaired) electrons. The fourth-order valence-electron chi connectivity index (χ4n) is 2.40. The summed E-state index contributed by atoms with van der Waals surface area (Å²) in [5.41, 5.74) is 7.97. The fraction of sp³-hybridized carbons (Fsp3) is 0.0625. The van der Waals surface area contributed by atoms with Gasteiger partial charge in [0.25, 0.3) is 0 Å². The van der Waals surface area contributed by atoms with Gasteiger partial charge in [0, 0.05) is 28.0 Å². The predicted molar refractivity (Wildman–Crippen MR) is 90.2 cm³/mol. The van der Waals surface area contributed by atoms with E-state index in [4.69, 9.17) is 11.1 Å². The third kappa shape index (κ3) is 2.77. The van der Waals surface area contributed by atoms with Gasteiger partial charge < -0.3 is 5.73 Å². The normalized spacial score (nSPS) is 12.2. The van der Waals surface area contributed by atoms with Crippen molar-refractivity contribution in [1.82, 2.24) is 0 Å². The van der Waals surface area contributed by atoms with Gasteiger partial charge in [-0.15, -0.1) is 12.4 Å².